The summed E-state index contributed by atoms with van der Waals surface area (Å²) in [5.74, 6) is 0.171. The third kappa shape index (κ3) is 3.21. The molecule has 0 bridgehead atoms. The van der Waals surface area contributed by atoms with Crippen LogP contribution in [-0.2, 0) is 0 Å². The van der Waals surface area contributed by atoms with Crippen LogP contribution < -0.4 is 5.73 Å². The normalized spacial score (nSPS) is 10.7. The molecule has 3 aromatic carbocycles. The fourth-order valence-corrected chi connectivity index (χ4v) is 3.61. The van der Waals surface area contributed by atoms with E-state index < -0.39 is 0 Å². The van der Waals surface area contributed by atoms with Crippen LogP contribution >= 0.6 is 23.2 Å². The van der Waals surface area contributed by atoms with Crippen molar-refractivity contribution in [2.45, 2.75) is 0 Å². The van der Waals surface area contributed by atoms with Crippen molar-refractivity contribution in [1.82, 2.24) is 4.98 Å². The van der Waals surface area contributed by atoms with Gasteiger partial charge in [-0.05, 0) is 35.0 Å². The molecule has 2 N–H and O–H groups in total. The van der Waals surface area contributed by atoms with E-state index in [4.69, 9.17) is 28.9 Å². The Kier molecular flexibility index (Phi) is 4.45. The minimum atomic E-state index is 0.171. The van der Waals surface area contributed by atoms with E-state index in [1.165, 1.54) is 0 Å². The summed E-state index contributed by atoms with van der Waals surface area (Å²) in [4.78, 5) is 4.44. The average Bonchev–Trinajstić information content (AvgIpc) is 2.67. The van der Waals surface area contributed by atoms with E-state index in [1.807, 2.05) is 36.4 Å². The lowest BCUT2D eigenvalue weighted by Gasteiger charge is -2.12. The number of nitriles is 1. The van der Waals surface area contributed by atoms with Gasteiger partial charge in [0.05, 0.1) is 5.69 Å². The molecule has 4 rings (SSSR count). The summed E-state index contributed by atoms with van der Waals surface area (Å²) in [6, 6.07) is 23.3. The lowest BCUT2D eigenvalue weighted by molar-refractivity contribution is 1.31. The largest absolute Gasteiger partial charge is 0.383 e. The Bertz CT molecular complexity index is 1230. The first-order chi connectivity index (χ1) is 13.1. The molecule has 0 unspecified atom stereocenters. The molecule has 0 saturated heterocycles. The standard InChI is InChI=1S/C22H13Cl2N3/c23-16-7-8-17(20(24)10-16)18-11-21(27-22(26)19(18)12-25)15-6-5-13-3-1-2-4-14(13)9-15/h1-11H,(H2,26,27). The van der Waals surface area contributed by atoms with Gasteiger partial charge in [0.15, 0.2) is 0 Å². The molecule has 0 spiro atoms. The summed E-state index contributed by atoms with van der Waals surface area (Å²) in [7, 11) is 0. The number of nitrogens with zero attached hydrogens (tertiary/aromatic N) is 2. The third-order valence-electron chi connectivity index (χ3n) is 4.43. The molecule has 0 fully saturated rings. The molecule has 0 aliphatic heterocycles. The first-order valence-electron chi connectivity index (χ1n) is 8.22. The van der Waals surface area contributed by atoms with Gasteiger partial charge in [-0.25, -0.2) is 4.98 Å². The number of hydrogen-bond acceptors (Lipinski definition) is 3. The van der Waals surface area contributed by atoms with E-state index in [0.29, 0.717) is 32.4 Å². The third-order valence-corrected chi connectivity index (χ3v) is 4.97. The van der Waals surface area contributed by atoms with Crippen molar-refractivity contribution in [3.63, 3.8) is 0 Å². The fourth-order valence-electron chi connectivity index (χ4n) is 3.10. The van der Waals surface area contributed by atoms with Crippen LogP contribution in [0.1, 0.15) is 5.56 Å². The first kappa shape index (κ1) is 17.4. The van der Waals surface area contributed by atoms with E-state index in [-0.39, 0.29) is 5.82 Å². The number of anilines is 1. The molecule has 0 aliphatic rings. The lowest BCUT2D eigenvalue weighted by atomic mass is 9.97. The summed E-state index contributed by atoms with van der Waals surface area (Å²) >= 11 is 12.4. The van der Waals surface area contributed by atoms with Gasteiger partial charge >= 0.3 is 0 Å². The van der Waals surface area contributed by atoms with Gasteiger partial charge < -0.3 is 5.73 Å². The predicted molar refractivity (Wildman–Crippen MR) is 112 cm³/mol. The molecule has 4 aromatic rings. The second-order valence-electron chi connectivity index (χ2n) is 6.11. The van der Waals surface area contributed by atoms with Gasteiger partial charge in [0.1, 0.15) is 17.5 Å². The number of nitrogens with two attached hydrogens (primary N) is 1. The number of fused-ring (bicyclic) bond motifs is 1. The number of rotatable bonds is 2. The van der Waals surface area contributed by atoms with Crippen LogP contribution in [0.3, 0.4) is 0 Å². The Morgan fingerprint density at radius 3 is 2.37 bits per heavy atom. The van der Waals surface area contributed by atoms with Crippen LogP contribution in [0.2, 0.25) is 10.0 Å². The predicted octanol–water partition coefficient (Wildman–Crippen LogP) is 6.33. The SMILES string of the molecule is N#Cc1c(-c2ccc(Cl)cc2Cl)cc(-c2ccc3ccccc3c2)nc1N. The van der Waals surface area contributed by atoms with E-state index in [9.17, 15) is 5.26 Å². The monoisotopic (exact) mass is 389 g/mol. The van der Waals surface area contributed by atoms with E-state index >= 15 is 0 Å². The summed E-state index contributed by atoms with van der Waals surface area (Å²) in [6.07, 6.45) is 0. The van der Waals surface area contributed by atoms with E-state index in [2.05, 4.69) is 23.2 Å². The minimum Gasteiger partial charge on any atom is -0.383 e. The second-order valence-corrected chi connectivity index (χ2v) is 6.96. The summed E-state index contributed by atoms with van der Waals surface area (Å²) < 4.78 is 0. The van der Waals surface area contributed by atoms with Crippen molar-refractivity contribution in [3.05, 3.63) is 82.3 Å². The Morgan fingerprint density at radius 2 is 1.63 bits per heavy atom. The summed E-state index contributed by atoms with van der Waals surface area (Å²) in [5.41, 5.74) is 9.31. The zero-order valence-electron chi connectivity index (χ0n) is 14.1. The molecule has 3 nitrogen and oxygen atoms in total. The molecule has 27 heavy (non-hydrogen) atoms. The molecular formula is C22H13Cl2N3. The fraction of sp³-hybridized carbons (Fsp3) is 0. The van der Waals surface area contributed by atoms with Crippen molar-refractivity contribution in [2.24, 2.45) is 0 Å². The highest BCUT2D eigenvalue weighted by atomic mass is 35.5. The lowest BCUT2D eigenvalue weighted by Crippen LogP contribution is -2.00. The Labute approximate surface area is 166 Å². The smallest absolute Gasteiger partial charge is 0.142 e. The average molecular weight is 390 g/mol. The van der Waals surface area contributed by atoms with Crippen LogP contribution in [0.25, 0.3) is 33.2 Å². The number of aromatic nitrogens is 1. The molecule has 5 heteroatoms. The first-order valence-corrected chi connectivity index (χ1v) is 8.97. The maximum atomic E-state index is 9.57. The van der Waals surface area contributed by atoms with Crippen LogP contribution in [0, 0.1) is 11.3 Å². The number of halogens is 2. The van der Waals surface area contributed by atoms with Crippen molar-refractivity contribution < 1.29 is 0 Å². The maximum Gasteiger partial charge on any atom is 0.142 e. The highest BCUT2D eigenvalue weighted by molar-refractivity contribution is 6.36. The number of nitrogen functional groups attached to an aromatic ring is 1. The maximum absolute atomic E-state index is 9.57. The van der Waals surface area contributed by atoms with Gasteiger partial charge in [-0.3, -0.25) is 0 Å². The van der Waals surface area contributed by atoms with Gasteiger partial charge in [-0.1, -0.05) is 65.7 Å². The number of pyridine rings is 1. The zero-order valence-corrected chi connectivity index (χ0v) is 15.6. The van der Waals surface area contributed by atoms with Crippen molar-refractivity contribution in [2.75, 3.05) is 5.73 Å². The molecule has 0 saturated carbocycles. The van der Waals surface area contributed by atoms with E-state index in [1.54, 1.807) is 18.2 Å². The van der Waals surface area contributed by atoms with Crippen LogP contribution in [0.4, 0.5) is 5.82 Å². The van der Waals surface area contributed by atoms with Crippen molar-refractivity contribution in [3.8, 4) is 28.5 Å². The highest BCUT2D eigenvalue weighted by Crippen LogP contribution is 2.36. The molecular weight excluding hydrogens is 377 g/mol. The minimum absolute atomic E-state index is 0.171. The second kappa shape index (κ2) is 6.92. The number of benzene rings is 3. The van der Waals surface area contributed by atoms with Crippen LogP contribution in [0.5, 0.6) is 0 Å². The van der Waals surface area contributed by atoms with Crippen LogP contribution in [-0.4, -0.2) is 4.98 Å². The Balaban J connectivity index is 1.94. The molecule has 0 atom stereocenters. The topological polar surface area (TPSA) is 62.7 Å². The molecule has 1 heterocycles. The Morgan fingerprint density at radius 1 is 0.852 bits per heavy atom. The quantitative estimate of drug-likeness (QED) is 0.435. The molecule has 0 radical (unpaired) electrons. The molecule has 1 aromatic heterocycles. The van der Waals surface area contributed by atoms with Crippen molar-refractivity contribution >= 4 is 39.8 Å². The van der Waals surface area contributed by atoms with Gasteiger partial charge in [-0.2, -0.15) is 5.26 Å². The Hall–Kier alpha value is -3.06. The summed E-state index contributed by atoms with van der Waals surface area (Å²) in [5, 5.41) is 12.8. The van der Waals surface area contributed by atoms with Gasteiger partial charge in [0.25, 0.3) is 0 Å². The summed E-state index contributed by atoms with van der Waals surface area (Å²) in [6.45, 7) is 0. The van der Waals surface area contributed by atoms with Crippen molar-refractivity contribution in [1.29, 1.82) is 5.26 Å². The molecule has 0 amide bonds. The van der Waals surface area contributed by atoms with Crippen LogP contribution in [0.15, 0.2) is 66.7 Å². The van der Waals surface area contributed by atoms with Gasteiger partial charge in [0.2, 0.25) is 0 Å². The highest BCUT2D eigenvalue weighted by Gasteiger charge is 2.16. The zero-order chi connectivity index (χ0) is 19.0. The van der Waals surface area contributed by atoms with Gasteiger partial charge in [0, 0.05) is 26.7 Å². The van der Waals surface area contributed by atoms with E-state index in [0.717, 1.165) is 16.3 Å². The molecule has 0 aliphatic carbocycles. The number of hydrogen-bond donors (Lipinski definition) is 1. The van der Waals surface area contributed by atoms with Gasteiger partial charge in [-0.15, -0.1) is 0 Å². The molecule has 130 valence electrons.